The summed E-state index contributed by atoms with van der Waals surface area (Å²) in [6, 6.07) is 15.6. The number of nitrogens with one attached hydrogen (secondary N) is 1. The number of aryl methyl sites for hydroxylation is 1. The van der Waals surface area contributed by atoms with E-state index in [1.807, 2.05) is 42.6 Å². The summed E-state index contributed by atoms with van der Waals surface area (Å²) >= 11 is 0. The van der Waals surface area contributed by atoms with E-state index in [-0.39, 0.29) is 5.91 Å². The summed E-state index contributed by atoms with van der Waals surface area (Å²) in [5, 5.41) is 2.72. The Morgan fingerprint density at radius 2 is 1.89 bits per heavy atom. The number of aliphatic imine (C=N–C) groups is 1. The fourth-order valence-electron chi connectivity index (χ4n) is 1.73. The Bertz CT molecular complexity index is 600. The molecule has 0 saturated carbocycles. The van der Waals surface area contributed by atoms with Gasteiger partial charge in [-0.15, -0.1) is 0 Å². The van der Waals surface area contributed by atoms with E-state index in [1.165, 1.54) is 12.5 Å². The van der Waals surface area contributed by atoms with E-state index in [2.05, 4.69) is 29.4 Å². The number of carbonyl (C=O) groups excluding carboxylic acids is 1. The van der Waals surface area contributed by atoms with Crippen LogP contribution in [0, 0.1) is 6.92 Å². The van der Waals surface area contributed by atoms with E-state index in [0.717, 1.165) is 16.9 Å². The van der Waals surface area contributed by atoms with Gasteiger partial charge in [0.1, 0.15) is 0 Å². The molecule has 2 aromatic carbocycles. The van der Waals surface area contributed by atoms with E-state index >= 15 is 0 Å². The van der Waals surface area contributed by atoms with Crippen molar-refractivity contribution in [3.05, 3.63) is 59.7 Å². The maximum atomic E-state index is 10.9. The Balaban J connectivity index is 2.09. The zero-order valence-electron chi connectivity index (χ0n) is 11.1. The molecule has 0 unspecified atom stereocenters. The normalized spacial score (nSPS) is 10.6. The van der Waals surface area contributed by atoms with Crippen LogP contribution in [0.15, 0.2) is 53.5 Å². The number of carbonyl (C=O) groups is 1. The van der Waals surface area contributed by atoms with Gasteiger partial charge in [-0.1, -0.05) is 29.8 Å². The van der Waals surface area contributed by atoms with Gasteiger partial charge in [-0.3, -0.25) is 9.79 Å². The summed E-state index contributed by atoms with van der Waals surface area (Å²) in [6.45, 7) is 3.55. The first kappa shape index (κ1) is 13.0. The molecule has 3 heteroatoms. The van der Waals surface area contributed by atoms with Crippen LogP contribution in [-0.4, -0.2) is 12.1 Å². The number of nitrogens with zero attached hydrogens (tertiary/aromatic N) is 1. The molecule has 0 aromatic heterocycles. The lowest BCUT2D eigenvalue weighted by molar-refractivity contribution is -0.114. The summed E-state index contributed by atoms with van der Waals surface area (Å²) in [5.74, 6) is -0.0731. The maximum absolute atomic E-state index is 10.9. The highest BCUT2D eigenvalue weighted by atomic mass is 16.1. The first-order valence-corrected chi connectivity index (χ1v) is 6.12. The van der Waals surface area contributed by atoms with Crippen LogP contribution in [0.4, 0.5) is 11.4 Å². The van der Waals surface area contributed by atoms with Crippen molar-refractivity contribution in [3.63, 3.8) is 0 Å². The van der Waals surface area contributed by atoms with Gasteiger partial charge in [0.15, 0.2) is 0 Å². The van der Waals surface area contributed by atoms with Crippen molar-refractivity contribution in [1.82, 2.24) is 0 Å². The molecule has 2 aromatic rings. The molecule has 1 amide bonds. The molecule has 0 spiro atoms. The van der Waals surface area contributed by atoms with E-state index in [1.54, 1.807) is 0 Å². The van der Waals surface area contributed by atoms with Crippen molar-refractivity contribution in [3.8, 4) is 0 Å². The van der Waals surface area contributed by atoms with Gasteiger partial charge in [-0.05, 0) is 36.8 Å². The first-order chi connectivity index (χ1) is 9.13. The Morgan fingerprint density at radius 1 is 1.16 bits per heavy atom. The molecule has 3 nitrogen and oxygen atoms in total. The van der Waals surface area contributed by atoms with Crippen LogP contribution in [0.25, 0.3) is 0 Å². The van der Waals surface area contributed by atoms with Crippen molar-refractivity contribution in [2.45, 2.75) is 13.8 Å². The Hall–Kier alpha value is -2.42. The molecule has 2 rings (SSSR count). The van der Waals surface area contributed by atoms with E-state index in [4.69, 9.17) is 0 Å². The number of amides is 1. The number of hydrogen-bond acceptors (Lipinski definition) is 2. The quantitative estimate of drug-likeness (QED) is 0.831. The standard InChI is InChI=1S/C16H16N2O/c1-12-4-3-5-14(10-12)11-17-15-6-8-16(9-7-15)18-13(2)19/h3-11H,1-2H3,(H,18,19). The third kappa shape index (κ3) is 4.07. The predicted octanol–water partition coefficient (Wildman–Crippen LogP) is 3.70. The molecule has 19 heavy (non-hydrogen) atoms. The molecule has 0 aliphatic heterocycles. The van der Waals surface area contributed by atoms with Gasteiger partial charge < -0.3 is 5.32 Å². The van der Waals surface area contributed by atoms with Crippen molar-refractivity contribution in [2.24, 2.45) is 4.99 Å². The molecule has 0 aliphatic rings. The first-order valence-electron chi connectivity index (χ1n) is 6.12. The largest absolute Gasteiger partial charge is 0.326 e. The highest BCUT2D eigenvalue weighted by Gasteiger charge is 1.95. The van der Waals surface area contributed by atoms with Gasteiger partial charge in [0.05, 0.1) is 5.69 Å². The number of benzene rings is 2. The van der Waals surface area contributed by atoms with Gasteiger partial charge in [0.2, 0.25) is 5.91 Å². The minimum atomic E-state index is -0.0731. The minimum absolute atomic E-state index is 0.0731. The third-order valence-electron chi connectivity index (χ3n) is 2.59. The van der Waals surface area contributed by atoms with Crippen LogP contribution < -0.4 is 5.32 Å². The SMILES string of the molecule is CC(=O)Nc1ccc(N=Cc2cccc(C)c2)cc1. The Labute approximate surface area is 113 Å². The van der Waals surface area contributed by atoms with E-state index in [0.29, 0.717) is 0 Å². The summed E-state index contributed by atoms with van der Waals surface area (Å²) in [7, 11) is 0. The second kappa shape index (κ2) is 5.96. The van der Waals surface area contributed by atoms with Gasteiger partial charge in [0.25, 0.3) is 0 Å². The van der Waals surface area contributed by atoms with Gasteiger partial charge in [0, 0.05) is 18.8 Å². The average Bonchev–Trinajstić information content (AvgIpc) is 2.37. The molecule has 0 fully saturated rings. The molecule has 1 N–H and O–H groups in total. The lowest BCUT2D eigenvalue weighted by atomic mass is 10.1. The highest BCUT2D eigenvalue weighted by molar-refractivity contribution is 5.89. The Kier molecular flexibility index (Phi) is 4.08. The molecule has 0 aliphatic carbocycles. The van der Waals surface area contributed by atoms with Crippen LogP contribution in [0.5, 0.6) is 0 Å². The van der Waals surface area contributed by atoms with Crippen LogP contribution in [0.2, 0.25) is 0 Å². The minimum Gasteiger partial charge on any atom is -0.326 e. The summed E-state index contributed by atoms with van der Waals surface area (Å²) in [6.07, 6.45) is 1.83. The van der Waals surface area contributed by atoms with Crippen molar-refractivity contribution in [2.75, 3.05) is 5.32 Å². The van der Waals surface area contributed by atoms with Gasteiger partial charge in [-0.2, -0.15) is 0 Å². The number of rotatable bonds is 3. The smallest absolute Gasteiger partial charge is 0.221 e. The molecule has 0 radical (unpaired) electrons. The lowest BCUT2D eigenvalue weighted by Crippen LogP contribution is -2.04. The van der Waals surface area contributed by atoms with Crippen LogP contribution in [0.1, 0.15) is 18.1 Å². The highest BCUT2D eigenvalue weighted by Crippen LogP contribution is 2.16. The topological polar surface area (TPSA) is 41.5 Å². The maximum Gasteiger partial charge on any atom is 0.221 e. The molecule has 96 valence electrons. The average molecular weight is 252 g/mol. The monoisotopic (exact) mass is 252 g/mol. The summed E-state index contributed by atoms with van der Waals surface area (Å²) in [4.78, 5) is 15.3. The second-order valence-electron chi connectivity index (χ2n) is 4.40. The molecular weight excluding hydrogens is 236 g/mol. The summed E-state index contributed by atoms with van der Waals surface area (Å²) < 4.78 is 0. The summed E-state index contributed by atoms with van der Waals surface area (Å²) in [5.41, 5.74) is 3.92. The lowest BCUT2D eigenvalue weighted by Gasteiger charge is -2.01. The molecule has 0 atom stereocenters. The number of hydrogen-bond donors (Lipinski definition) is 1. The van der Waals surface area contributed by atoms with Gasteiger partial charge in [-0.25, -0.2) is 0 Å². The Morgan fingerprint density at radius 3 is 2.53 bits per heavy atom. The van der Waals surface area contributed by atoms with Crippen LogP contribution >= 0.6 is 0 Å². The van der Waals surface area contributed by atoms with E-state index < -0.39 is 0 Å². The number of anilines is 1. The van der Waals surface area contributed by atoms with Crippen molar-refractivity contribution in [1.29, 1.82) is 0 Å². The van der Waals surface area contributed by atoms with Gasteiger partial charge >= 0.3 is 0 Å². The fourth-order valence-corrected chi connectivity index (χ4v) is 1.73. The fraction of sp³-hybridized carbons (Fsp3) is 0.125. The second-order valence-corrected chi connectivity index (χ2v) is 4.40. The van der Waals surface area contributed by atoms with E-state index in [9.17, 15) is 4.79 Å². The van der Waals surface area contributed by atoms with Crippen LogP contribution in [-0.2, 0) is 4.79 Å². The molecule has 0 saturated heterocycles. The molecule has 0 heterocycles. The zero-order chi connectivity index (χ0) is 13.7. The van der Waals surface area contributed by atoms with Crippen molar-refractivity contribution >= 4 is 23.5 Å². The predicted molar refractivity (Wildman–Crippen MR) is 79.2 cm³/mol. The third-order valence-corrected chi connectivity index (χ3v) is 2.59. The molecular formula is C16H16N2O. The zero-order valence-corrected chi connectivity index (χ0v) is 11.1. The molecule has 0 bridgehead atoms. The van der Waals surface area contributed by atoms with Crippen LogP contribution in [0.3, 0.4) is 0 Å². The van der Waals surface area contributed by atoms with Crippen molar-refractivity contribution < 1.29 is 4.79 Å².